The second-order valence-corrected chi connectivity index (χ2v) is 9.21. The molecule has 1 saturated heterocycles. The van der Waals surface area contributed by atoms with Crippen molar-refractivity contribution in [3.63, 3.8) is 0 Å². The molecule has 3 aromatic rings. The Labute approximate surface area is 200 Å². The predicted molar refractivity (Wildman–Crippen MR) is 128 cm³/mol. The zero-order chi connectivity index (χ0) is 23.5. The molecule has 1 atom stereocenters. The number of rotatable bonds is 6. The number of benzene rings is 2. The third-order valence-corrected chi connectivity index (χ3v) is 6.81. The van der Waals surface area contributed by atoms with Crippen LogP contribution in [0.4, 0.5) is 10.5 Å². The molecule has 174 valence electrons. The fourth-order valence-electron chi connectivity index (χ4n) is 4.38. The van der Waals surface area contributed by atoms with Gasteiger partial charge in [-0.25, -0.2) is 4.79 Å². The third kappa shape index (κ3) is 4.67. The summed E-state index contributed by atoms with van der Waals surface area (Å²) in [6, 6.07) is 16.8. The Bertz CT molecular complexity index is 1210. The number of imide groups is 1. The number of fused-ring (bicyclic) bond motifs is 1. The summed E-state index contributed by atoms with van der Waals surface area (Å²) in [5.74, 6) is 0.547. The van der Waals surface area contributed by atoms with Crippen LogP contribution in [-0.4, -0.2) is 50.9 Å². The van der Waals surface area contributed by atoms with E-state index in [0.29, 0.717) is 23.9 Å². The molecule has 4 amide bonds. The van der Waals surface area contributed by atoms with Crippen molar-refractivity contribution in [3.05, 3.63) is 66.0 Å². The summed E-state index contributed by atoms with van der Waals surface area (Å²) in [5.41, 5.74) is 3.03. The lowest BCUT2D eigenvalue weighted by molar-refractivity contribution is -0.121. The van der Waals surface area contributed by atoms with Crippen LogP contribution < -0.4 is 15.5 Å². The predicted octanol–water partition coefficient (Wildman–Crippen LogP) is 2.48. The maximum Gasteiger partial charge on any atom is 0.321 e. The van der Waals surface area contributed by atoms with E-state index in [1.54, 1.807) is 0 Å². The first kappa shape index (κ1) is 22.1. The molecule has 2 N–H and O–H groups in total. The molecule has 1 aromatic heterocycles. The van der Waals surface area contributed by atoms with E-state index in [1.807, 2.05) is 58.0 Å². The van der Waals surface area contributed by atoms with Crippen LogP contribution in [0.1, 0.15) is 24.2 Å². The number of hydrogen-bond acceptors (Lipinski definition) is 6. The largest absolute Gasteiger partial charge is 0.334 e. The molecule has 2 aliphatic rings. The van der Waals surface area contributed by atoms with E-state index in [1.165, 1.54) is 17.3 Å². The highest BCUT2D eigenvalue weighted by Crippen LogP contribution is 2.29. The van der Waals surface area contributed by atoms with Crippen LogP contribution in [-0.2, 0) is 22.4 Å². The number of hydrogen-bond donors (Lipinski definition) is 2. The molecule has 0 aliphatic carbocycles. The summed E-state index contributed by atoms with van der Waals surface area (Å²) in [5, 5.41) is 14.3. The lowest BCUT2D eigenvalue weighted by Crippen LogP contribution is -2.53. The van der Waals surface area contributed by atoms with Crippen LogP contribution in [0.2, 0.25) is 0 Å². The summed E-state index contributed by atoms with van der Waals surface area (Å²) in [4.78, 5) is 38.5. The lowest BCUT2D eigenvalue weighted by atomic mass is 10.0. The number of aromatic nitrogens is 3. The minimum atomic E-state index is -0.506. The fraction of sp³-hybridized carbons (Fsp3) is 0.292. The molecule has 5 rings (SSSR count). The van der Waals surface area contributed by atoms with Crippen molar-refractivity contribution >= 4 is 35.3 Å². The van der Waals surface area contributed by atoms with Gasteiger partial charge in [0.2, 0.25) is 11.8 Å². The Hall–Kier alpha value is -3.66. The molecule has 1 unspecified atom stereocenters. The molecular weight excluding hydrogens is 452 g/mol. The molecule has 2 aliphatic heterocycles. The Morgan fingerprint density at radius 1 is 1.06 bits per heavy atom. The normalized spacial score (nSPS) is 17.6. The fourth-order valence-corrected chi connectivity index (χ4v) is 5.22. The van der Waals surface area contributed by atoms with Gasteiger partial charge < -0.3 is 10.2 Å². The topological polar surface area (TPSA) is 109 Å². The van der Waals surface area contributed by atoms with E-state index in [2.05, 4.69) is 26.9 Å². The van der Waals surface area contributed by atoms with Crippen molar-refractivity contribution in [1.29, 1.82) is 0 Å². The van der Waals surface area contributed by atoms with Crippen molar-refractivity contribution in [2.45, 2.75) is 36.9 Å². The number of nitrogens with one attached hydrogen (secondary N) is 2. The van der Waals surface area contributed by atoms with Gasteiger partial charge >= 0.3 is 6.03 Å². The Kier molecular flexibility index (Phi) is 6.31. The zero-order valence-corrected chi connectivity index (χ0v) is 19.3. The van der Waals surface area contributed by atoms with E-state index >= 15 is 0 Å². The summed E-state index contributed by atoms with van der Waals surface area (Å²) in [6.07, 6.45) is 2.44. The minimum absolute atomic E-state index is 0.0255. The van der Waals surface area contributed by atoms with E-state index in [-0.39, 0.29) is 30.0 Å². The highest BCUT2D eigenvalue weighted by molar-refractivity contribution is 7.99. The quantitative estimate of drug-likeness (QED) is 0.529. The van der Waals surface area contributed by atoms with Crippen LogP contribution in [0.15, 0.2) is 59.8 Å². The summed E-state index contributed by atoms with van der Waals surface area (Å²) < 4.78 is 1.89. The van der Waals surface area contributed by atoms with Gasteiger partial charge in [-0.2, -0.15) is 0 Å². The highest BCUT2D eigenvalue weighted by Gasteiger charge is 2.27. The van der Waals surface area contributed by atoms with E-state index in [9.17, 15) is 14.4 Å². The summed E-state index contributed by atoms with van der Waals surface area (Å²) in [6.45, 7) is 0.705. The molecule has 1 fully saturated rings. The molecule has 0 radical (unpaired) electrons. The van der Waals surface area contributed by atoms with Gasteiger partial charge in [0.1, 0.15) is 5.82 Å². The van der Waals surface area contributed by atoms with Gasteiger partial charge in [-0.3, -0.25) is 19.5 Å². The molecule has 34 heavy (non-hydrogen) atoms. The number of nitrogens with zero attached hydrogens (tertiary/aromatic N) is 4. The van der Waals surface area contributed by atoms with Crippen molar-refractivity contribution in [2.75, 3.05) is 17.2 Å². The first-order valence-corrected chi connectivity index (χ1v) is 12.2. The first-order valence-electron chi connectivity index (χ1n) is 11.2. The summed E-state index contributed by atoms with van der Waals surface area (Å²) in [7, 11) is 0. The third-order valence-electron chi connectivity index (χ3n) is 5.90. The van der Waals surface area contributed by atoms with Crippen molar-refractivity contribution in [2.24, 2.45) is 0 Å². The van der Waals surface area contributed by atoms with Crippen LogP contribution in [0, 0.1) is 0 Å². The van der Waals surface area contributed by atoms with Gasteiger partial charge in [-0.1, -0.05) is 48.2 Å². The smallest absolute Gasteiger partial charge is 0.321 e. The maximum absolute atomic E-state index is 13.1. The SMILES string of the molecule is O=C1CC(Cc2nnc(SCC(=O)N3CCCc4ccccc43)n2-c2ccccc2)NC(=O)N1. The van der Waals surface area contributed by atoms with Gasteiger partial charge in [-0.05, 0) is 36.6 Å². The molecule has 0 spiro atoms. The second kappa shape index (κ2) is 9.68. The molecule has 2 aromatic carbocycles. The number of carbonyl (C=O) groups is 3. The molecule has 10 heteroatoms. The van der Waals surface area contributed by atoms with E-state index in [0.717, 1.165) is 24.2 Å². The Balaban J connectivity index is 1.36. The maximum atomic E-state index is 13.1. The number of amides is 4. The monoisotopic (exact) mass is 476 g/mol. The Morgan fingerprint density at radius 2 is 1.85 bits per heavy atom. The van der Waals surface area contributed by atoms with E-state index < -0.39 is 6.03 Å². The van der Waals surface area contributed by atoms with Crippen LogP contribution in [0.5, 0.6) is 0 Å². The average molecular weight is 477 g/mol. The molecular formula is C24H24N6O3S. The number of thioether (sulfide) groups is 1. The second-order valence-electron chi connectivity index (χ2n) is 8.26. The lowest BCUT2D eigenvalue weighted by Gasteiger charge is -2.29. The zero-order valence-electron chi connectivity index (χ0n) is 18.4. The van der Waals surface area contributed by atoms with Crippen LogP contribution >= 0.6 is 11.8 Å². The van der Waals surface area contributed by atoms with Crippen molar-refractivity contribution < 1.29 is 14.4 Å². The van der Waals surface area contributed by atoms with Crippen molar-refractivity contribution in [3.8, 4) is 5.69 Å². The van der Waals surface area contributed by atoms with Gasteiger partial charge in [0, 0.05) is 36.8 Å². The number of para-hydroxylation sites is 2. The van der Waals surface area contributed by atoms with Gasteiger partial charge in [-0.15, -0.1) is 10.2 Å². The minimum Gasteiger partial charge on any atom is -0.334 e. The molecule has 0 saturated carbocycles. The number of carbonyl (C=O) groups excluding carboxylic acids is 3. The molecule has 3 heterocycles. The average Bonchev–Trinajstić information content (AvgIpc) is 3.24. The van der Waals surface area contributed by atoms with Gasteiger partial charge in [0.05, 0.1) is 5.75 Å². The number of anilines is 1. The van der Waals surface area contributed by atoms with Gasteiger partial charge in [0.15, 0.2) is 5.16 Å². The molecule has 0 bridgehead atoms. The number of urea groups is 1. The Morgan fingerprint density at radius 3 is 2.68 bits per heavy atom. The van der Waals surface area contributed by atoms with E-state index in [4.69, 9.17) is 0 Å². The van der Waals surface area contributed by atoms with Gasteiger partial charge in [0.25, 0.3) is 0 Å². The van der Waals surface area contributed by atoms with Crippen LogP contribution in [0.3, 0.4) is 0 Å². The van der Waals surface area contributed by atoms with Crippen LogP contribution in [0.25, 0.3) is 5.69 Å². The first-order chi connectivity index (χ1) is 16.6. The van der Waals surface area contributed by atoms with Crippen molar-refractivity contribution in [1.82, 2.24) is 25.4 Å². The molecule has 9 nitrogen and oxygen atoms in total. The highest BCUT2D eigenvalue weighted by atomic mass is 32.2. The number of aryl methyl sites for hydroxylation is 1. The standard InChI is InChI=1S/C24H24N6O3S/c31-21-14-17(25-23(33)26-21)13-20-27-28-24(30(20)18-9-2-1-3-10-18)34-15-22(32)29-12-6-8-16-7-4-5-11-19(16)29/h1-5,7,9-11,17H,6,8,12-15H2,(H2,25,26,31,33). The summed E-state index contributed by atoms with van der Waals surface area (Å²) >= 11 is 1.33.